The first-order valence-electron chi connectivity index (χ1n) is 7.20. The average Bonchev–Trinajstić information content (AvgIpc) is 2.92. The van der Waals surface area contributed by atoms with Gasteiger partial charge in [-0.25, -0.2) is 0 Å². The predicted molar refractivity (Wildman–Crippen MR) is 84.2 cm³/mol. The molecule has 2 N–H and O–H groups in total. The number of amides is 2. The maximum atomic E-state index is 11.7. The minimum atomic E-state index is -0.437. The second-order valence-electron chi connectivity index (χ2n) is 4.96. The van der Waals surface area contributed by atoms with Gasteiger partial charge in [-0.1, -0.05) is 23.4 Å². The van der Waals surface area contributed by atoms with Gasteiger partial charge in [0.15, 0.2) is 5.82 Å². The number of aromatic nitrogens is 1. The molecule has 0 spiro atoms. The Morgan fingerprint density at radius 2 is 2.04 bits per heavy atom. The van der Waals surface area contributed by atoms with Gasteiger partial charge in [-0.2, -0.15) is 0 Å². The number of para-hydroxylation sites is 1. The number of benzene rings is 1. The van der Waals surface area contributed by atoms with E-state index in [1.807, 2.05) is 24.3 Å². The molecule has 7 heteroatoms. The van der Waals surface area contributed by atoms with Gasteiger partial charge in [0.2, 0.25) is 11.8 Å². The minimum Gasteiger partial charge on any atom is -0.496 e. The smallest absolute Gasteiger partial charge is 0.235 e. The van der Waals surface area contributed by atoms with Gasteiger partial charge in [0.05, 0.1) is 7.11 Å². The van der Waals surface area contributed by atoms with Crippen LogP contribution in [0, 0.1) is 6.92 Å². The Labute approximate surface area is 134 Å². The maximum Gasteiger partial charge on any atom is 0.235 e. The van der Waals surface area contributed by atoms with Crippen molar-refractivity contribution in [3.63, 3.8) is 0 Å². The van der Waals surface area contributed by atoms with Gasteiger partial charge in [-0.15, -0.1) is 0 Å². The summed E-state index contributed by atoms with van der Waals surface area (Å²) in [5, 5.41) is 8.83. The third-order valence-corrected chi connectivity index (χ3v) is 3.13. The van der Waals surface area contributed by atoms with E-state index in [9.17, 15) is 9.59 Å². The largest absolute Gasteiger partial charge is 0.496 e. The lowest BCUT2D eigenvalue weighted by Crippen LogP contribution is -2.29. The van der Waals surface area contributed by atoms with Crippen molar-refractivity contribution >= 4 is 17.6 Å². The monoisotopic (exact) mass is 317 g/mol. The molecule has 0 unspecified atom stereocenters. The van der Waals surface area contributed by atoms with Crippen molar-refractivity contribution in [3.05, 3.63) is 41.7 Å². The molecule has 0 atom stereocenters. The average molecular weight is 317 g/mol. The summed E-state index contributed by atoms with van der Waals surface area (Å²) in [7, 11) is 1.60. The van der Waals surface area contributed by atoms with Crippen molar-refractivity contribution in [1.82, 2.24) is 10.5 Å². The quantitative estimate of drug-likeness (QED) is 0.758. The molecule has 0 saturated carbocycles. The Kier molecular flexibility index (Phi) is 5.74. The molecule has 1 heterocycles. The molecule has 0 radical (unpaired) electrons. The molecule has 1 aromatic carbocycles. The highest BCUT2D eigenvalue weighted by Gasteiger charge is 2.11. The highest BCUT2D eigenvalue weighted by Crippen LogP contribution is 2.17. The lowest BCUT2D eigenvalue weighted by atomic mass is 10.1. The molecule has 2 rings (SSSR count). The van der Waals surface area contributed by atoms with E-state index in [0.717, 1.165) is 11.3 Å². The summed E-state index contributed by atoms with van der Waals surface area (Å²) in [6, 6.07) is 9.18. The number of anilines is 1. The van der Waals surface area contributed by atoms with Crippen molar-refractivity contribution in [1.29, 1.82) is 0 Å². The SMILES string of the molecule is COc1ccccc1CCNC(=O)CC(=O)Nc1cc(C)on1. The Balaban J connectivity index is 1.73. The van der Waals surface area contributed by atoms with Crippen LogP contribution < -0.4 is 15.4 Å². The second-order valence-corrected chi connectivity index (χ2v) is 4.96. The van der Waals surface area contributed by atoms with Crippen LogP contribution in [-0.2, 0) is 16.0 Å². The van der Waals surface area contributed by atoms with Crippen LogP contribution in [0.1, 0.15) is 17.7 Å². The zero-order chi connectivity index (χ0) is 16.7. The fraction of sp³-hybridized carbons (Fsp3) is 0.312. The van der Waals surface area contributed by atoms with Crippen LogP contribution in [0.25, 0.3) is 0 Å². The highest BCUT2D eigenvalue weighted by atomic mass is 16.5. The summed E-state index contributed by atoms with van der Waals surface area (Å²) in [4.78, 5) is 23.4. The summed E-state index contributed by atoms with van der Waals surface area (Å²) in [6.07, 6.45) is 0.359. The molecule has 2 aromatic rings. The van der Waals surface area contributed by atoms with E-state index in [2.05, 4.69) is 15.8 Å². The molecule has 2 amide bonds. The fourth-order valence-corrected chi connectivity index (χ4v) is 2.07. The predicted octanol–water partition coefficient (Wildman–Crippen LogP) is 1.68. The Hall–Kier alpha value is -2.83. The van der Waals surface area contributed by atoms with Gasteiger partial charge in [0.25, 0.3) is 0 Å². The molecule has 122 valence electrons. The number of methoxy groups -OCH3 is 1. The number of carbonyl (C=O) groups excluding carboxylic acids is 2. The van der Waals surface area contributed by atoms with Crippen LogP contribution in [0.5, 0.6) is 5.75 Å². The number of aryl methyl sites for hydroxylation is 1. The van der Waals surface area contributed by atoms with Gasteiger partial charge >= 0.3 is 0 Å². The molecule has 0 aliphatic heterocycles. The van der Waals surface area contributed by atoms with Crippen molar-refractivity contribution in [2.24, 2.45) is 0 Å². The lowest BCUT2D eigenvalue weighted by Gasteiger charge is -2.09. The van der Waals surface area contributed by atoms with E-state index >= 15 is 0 Å². The topological polar surface area (TPSA) is 93.5 Å². The molecular formula is C16H19N3O4. The Bertz CT molecular complexity index is 681. The number of hydrogen-bond acceptors (Lipinski definition) is 5. The van der Waals surface area contributed by atoms with Crippen molar-refractivity contribution < 1.29 is 18.8 Å². The molecule has 0 bridgehead atoms. The summed E-state index contributed by atoms with van der Waals surface area (Å²) in [5.74, 6) is 0.877. The van der Waals surface area contributed by atoms with E-state index in [1.54, 1.807) is 20.1 Å². The maximum absolute atomic E-state index is 11.7. The summed E-state index contributed by atoms with van der Waals surface area (Å²) < 4.78 is 10.1. The summed E-state index contributed by atoms with van der Waals surface area (Å²) in [5.41, 5.74) is 0.998. The minimum absolute atomic E-state index is 0.266. The van der Waals surface area contributed by atoms with Gasteiger partial charge in [0, 0.05) is 12.6 Å². The molecule has 23 heavy (non-hydrogen) atoms. The van der Waals surface area contributed by atoms with E-state index in [-0.39, 0.29) is 12.3 Å². The van der Waals surface area contributed by atoms with Crippen LogP contribution >= 0.6 is 0 Å². The van der Waals surface area contributed by atoms with Crippen molar-refractivity contribution in [3.8, 4) is 5.75 Å². The van der Waals surface area contributed by atoms with E-state index < -0.39 is 5.91 Å². The van der Waals surface area contributed by atoms with E-state index in [4.69, 9.17) is 9.26 Å². The normalized spacial score (nSPS) is 10.2. The third-order valence-electron chi connectivity index (χ3n) is 3.13. The first-order chi connectivity index (χ1) is 11.1. The number of rotatable bonds is 7. The van der Waals surface area contributed by atoms with Crippen LogP contribution in [0.3, 0.4) is 0 Å². The first kappa shape index (κ1) is 16.5. The van der Waals surface area contributed by atoms with Crippen LogP contribution in [0.2, 0.25) is 0 Å². The number of carbonyl (C=O) groups is 2. The molecule has 0 saturated heterocycles. The second kappa shape index (κ2) is 7.98. The van der Waals surface area contributed by atoms with Gasteiger partial charge in [0.1, 0.15) is 17.9 Å². The van der Waals surface area contributed by atoms with Crippen molar-refractivity contribution in [2.75, 3.05) is 19.0 Å². The first-order valence-corrected chi connectivity index (χ1v) is 7.20. The molecular weight excluding hydrogens is 298 g/mol. The molecule has 0 aliphatic carbocycles. The van der Waals surface area contributed by atoms with Gasteiger partial charge < -0.3 is 19.9 Å². The molecule has 0 aliphatic rings. The Morgan fingerprint density at radius 3 is 2.74 bits per heavy atom. The summed E-state index contributed by atoms with van der Waals surface area (Å²) >= 11 is 0. The van der Waals surface area contributed by atoms with E-state index in [0.29, 0.717) is 24.5 Å². The van der Waals surface area contributed by atoms with Crippen LogP contribution in [0.15, 0.2) is 34.9 Å². The highest BCUT2D eigenvalue weighted by molar-refractivity contribution is 6.03. The summed E-state index contributed by atoms with van der Waals surface area (Å²) in [6.45, 7) is 2.14. The molecule has 7 nitrogen and oxygen atoms in total. The lowest BCUT2D eigenvalue weighted by molar-refractivity contribution is -0.126. The number of nitrogens with zero attached hydrogens (tertiary/aromatic N) is 1. The van der Waals surface area contributed by atoms with Gasteiger partial charge in [-0.3, -0.25) is 9.59 Å². The third kappa shape index (κ3) is 5.14. The standard InChI is InChI=1S/C16H19N3O4/c1-11-9-14(19-23-11)18-16(21)10-15(20)17-8-7-12-5-3-4-6-13(12)22-2/h3-6,9H,7-8,10H2,1-2H3,(H,17,20)(H,18,19,21). The molecule has 1 aromatic heterocycles. The van der Waals surface area contributed by atoms with Crippen LogP contribution in [0.4, 0.5) is 5.82 Å². The zero-order valence-electron chi connectivity index (χ0n) is 13.1. The van der Waals surface area contributed by atoms with Crippen LogP contribution in [-0.4, -0.2) is 30.6 Å². The fourth-order valence-electron chi connectivity index (χ4n) is 2.07. The molecule has 0 fully saturated rings. The Morgan fingerprint density at radius 1 is 1.26 bits per heavy atom. The van der Waals surface area contributed by atoms with Crippen molar-refractivity contribution in [2.45, 2.75) is 19.8 Å². The number of nitrogens with one attached hydrogen (secondary N) is 2. The van der Waals surface area contributed by atoms with E-state index in [1.165, 1.54) is 0 Å². The number of ether oxygens (including phenoxy) is 1. The number of hydrogen-bond donors (Lipinski definition) is 2. The zero-order valence-corrected chi connectivity index (χ0v) is 13.1. The van der Waals surface area contributed by atoms with Gasteiger partial charge in [-0.05, 0) is 25.0 Å².